The van der Waals surface area contributed by atoms with E-state index in [1.807, 2.05) is 0 Å². The maximum Gasteiger partial charge on any atom is 0.193 e. The molecule has 2 unspecified atom stereocenters. The quantitative estimate of drug-likeness (QED) is 0.361. The molecule has 3 fully saturated rings. The highest BCUT2D eigenvalue weighted by atomic mass is 127. The standard InChI is InChI=1S/C21H25F2IO2S/c1-19-7-8-21(23)15(13(19)3-4-14(19)18(26)27-11-24)10-17(22)16-9-12(25)5-6-20(16,21)2/h5-6,9,13-15,17H,3-4,7-8,10-11H2,1-2H3/t13?,14-,15?,17+,19+,20+,21-/m1/s1. The average molecular weight is 506 g/mol. The van der Waals surface area contributed by atoms with Crippen LogP contribution in [0.5, 0.6) is 0 Å². The fourth-order valence-electron chi connectivity index (χ4n) is 6.62. The number of rotatable bonds is 2. The molecule has 3 saturated carbocycles. The molecule has 0 aromatic heterocycles. The molecule has 0 amide bonds. The molecule has 148 valence electrons. The van der Waals surface area contributed by atoms with Crippen molar-refractivity contribution < 1.29 is 18.4 Å². The lowest BCUT2D eigenvalue weighted by atomic mass is 9.46. The number of allylic oxidation sites excluding steroid dienone is 4. The molecular weight excluding hydrogens is 481 g/mol. The normalized spacial score (nSPS) is 48.5. The smallest absolute Gasteiger partial charge is 0.193 e. The van der Waals surface area contributed by atoms with Gasteiger partial charge in [-0.3, -0.25) is 9.59 Å². The fraction of sp³-hybridized carbons (Fsp3) is 0.714. The third-order valence-corrected chi connectivity index (χ3v) is 9.74. The Morgan fingerprint density at radius 3 is 2.74 bits per heavy atom. The van der Waals surface area contributed by atoms with Crippen LogP contribution >= 0.6 is 34.4 Å². The van der Waals surface area contributed by atoms with Crippen molar-refractivity contribution in [1.29, 1.82) is 0 Å². The van der Waals surface area contributed by atoms with Crippen LogP contribution in [-0.4, -0.2) is 26.5 Å². The molecule has 2 nitrogen and oxygen atoms in total. The number of hydrogen-bond donors (Lipinski definition) is 0. The minimum absolute atomic E-state index is 0.0164. The Morgan fingerprint density at radius 2 is 2.04 bits per heavy atom. The molecule has 6 heteroatoms. The molecule has 0 bridgehead atoms. The molecule has 0 spiro atoms. The molecule has 0 radical (unpaired) electrons. The summed E-state index contributed by atoms with van der Waals surface area (Å²) >= 11 is 3.54. The van der Waals surface area contributed by atoms with Gasteiger partial charge in [-0.05, 0) is 68.1 Å². The maximum absolute atomic E-state index is 16.7. The van der Waals surface area contributed by atoms with Gasteiger partial charge in [-0.25, -0.2) is 8.78 Å². The van der Waals surface area contributed by atoms with Crippen molar-refractivity contribution in [2.75, 3.05) is 3.76 Å². The van der Waals surface area contributed by atoms with E-state index in [1.165, 1.54) is 23.9 Å². The highest BCUT2D eigenvalue weighted by Crippen LogP contribution is 2.69. The van der Waals surface area contributed by atoms with Gasteiger partial charge in [0, 0.05) is 17.3 Å². The molecule has 0 aliphatic heterocycles. The highest BCUT2D eigenvalue weighted by Gasteiger charge is 2.68. The number of hydrogen-bond acceptors (Lipinski definition) is 3. The summed E-state index contributed by atoms with van der Waals surface area (Å²) < 4.78 is 32.5. The topological polar surface area (TPSA) is 34.1 Å². The van der Waals surface area contributed by atoms with Gasteiger partial charge in [0.15, 0.2) is 10.9 Å². The number of alkyl halides is 3. The number of fused-ring (bicyclic) bond motifs is 5. The first kappa shape index (κ1) is 20.0. The van der Waals surface area contributed by atoms with Crippen molar-refractivity contribution in [3.63, 3.8) is 0 Å². The zero-order valence-electron chi connectivity index (χ0n) is 15.6. The van der Waals surface area contributed by atoms with Gasteiger partial charge in [-0.15, -0.1) is 0 Å². The predicted octanol–water partition coefficient (Wildman–Crippen LogP) is 5.60. The van der Waals surface area contributed by atoms with Crippen LogP contribution in [0.4, 0.5) is 8.78 Å². The Morgan fingerprint density at radius 1 is 1.30 bits per heavy atom. The van der Waals surface area contributed by atoms with Crippen molar-refractivity contribution >= 4 is 45.3 Å². The van der Waals surface area contributed by atoms with Crippen molar-refractivity contribution in [1.82, 2.24) is 0 Å². The van der Waals surface area contributed by atoms with E-state index >= 15 is 8.78 Å². The first-order chi connectivity index (χ1) is 12.7. The molecule has 4 rings (SSSR count). The van der Waals surface area contributed by atoms with Crippen LogP contribution < -0.4 is 0 Å². The van der Waals surface area contributed by atoms with Crippen LogP contribution in [0.1, 0.15) is 46.0 Å². The molecule has 27 heavy (non-hydrogen) atoms. The van der Waals surface area contributed by atoms with E-state index in [0.29, 0.717) is 18.4 Å². The van der Waals surface area contributed by atoms with E-state index in [2.05, 4.69) is 29.5 Å². The van der Waals surface area contributed by atoms with Crippen LogP contribution in [0.15, 0.2) is 23.8 Å². The molecule has 0 saturated heterocycles. The fourth-order valence-corrected chi connectivity index (χ4v) is 8.23. The first-order valence-corrected chi connectivity index (χ1v) is 12.2. The van der Waals surface area contributed by atoms with E-state index in [4.69, 9.17) is 0 Å². The third-order valence-electron chi connectivity index (χ3n) is 8.13. The van der Waals surface area contributed by atoms with Crippen LogP contribution in [-0.2, 0) is 9.59 Å². The zero-order chi connectivity index (χ0) is 19.6. The van der Waals surface area contributed by atoms with Crippen molar-refractivity contribution in [2.24, 2.45) is 28.6 Å². The monoisotopic (exact) mass is 506 g/mol. The van der Waals surface area contributed by atoms with E-state index in [0.717, 1.165) is 16.6 Å². The number of carbonyl (C=O) groups is 2. The molecule has 7 atom stereocenters. The van der Waals surface area contributed by atoms with Gasteiger partial charge in [0.2, 0.25) is 0 Å². The van der Waals surface area contributed by atoms with Gasteiger partial charge in [-0.1, -0.05) is 47.4 Å². The second-order valence-electron chi connectivity index (χ2n) is 9.02. The summed E-state index contributed by atoms with van der Waals surface area (Å²) in [5.74, 6) is -0.704. The molecule has 4 aliphatic carbocycles. The van der Waals surface area contributed by atoms with Crippen molar-refractivity contribution in [3.8, 4) is 0 Å². The largest absolute Gasteiger partial charge is 0.290 e. The maximum atomic E-state index is 16.7. The Balaban J connectivity index is 1.72. The summed E-state index contributed by atoms with van der Waals surface area (Å²) in [5, 5.41) is 0.211. The lowest BCUT2D eigenvalue weighted by Gasteiger charge is -2.60. The van der Waals surface area contributed by atoms with Gasteiger partial charge >= 0.3 is 0 Å². The van der Waals surface area contributed by atoms with Gasteiger partial charge < -0.3 is 0 Å². The zero-order valence-corrected chi connectivity index (χ0v) is 18.6. The minimum atomic E-state index is -1.56. The van der Waals surface area contributed by atoms with Crippen LogP contribution in [0, 0.1) is 28.6 Å². The van der Waals surface area contributed by atoms with Crippen LogP contribution in [0.25, 0.3) is 0 Å². The SMILES string of the molecule is C[C@]12CC[C@@]3(F)C(C[C@H](F)C4=CC(=O)C=C[C@@]43C)C1CC[C@@H]2C(=O)SCI. The Kier molecular flexibility index (Phi) is 4.93. The van der Waals surface area contributed by atoms with Crippen molar-refractivity contribution in [3.05, 3.63) is 23.8 Å². The molecule has 0 N–H and O–H groups in total. The molecular formula is C21H25F2IO2S. The van der Waals surface area contributed by atoms with Gasteiger partial charge in [-0.2, -0.15) is 0 Å². The van der Waals surface area contributed by atoms with Crippen LogP contribution in [0.2, 0.25) is 0 Å². The number of carbonyl (C=O) groups excluding carboxylic acids is 2. The summed E-state index contributed by atoms with van der Waals surface area (Å²) in [4.78, 5) is 24.5. The lowest BCUT2D eigenvalue weighted by molar-refractivity contribution is -0.143. The Hall–Kier alpha value is -0.240. The van der Waals surface area contributed by atoms with E-state index in [1.54, 1.807) is 13.0 Å². The molecule has 0 aromatic carbocycles. The van der Waals surface area contributed by atoms with E-state index in [9.17, 15) is 9.59 Å². The molecule has 0 heterocycles. The first-order valence-electron chi connectivity index (χ1n) is 9.68. The minimum Gasteiger partial charge on any atom is -0.290 e. The summed E-state index contributed by atoms with van der Waals surface area (Å²) in [7, 11) is 0. The summed E-state index contributed by atoms with van der Waals surface area (Å²) in [5.41, 5.74) is -2.56. The van der Waals surface area contributed by atoms with Gasteiger partial charge in [0.1, 0.15) is 11.8 Å². The molecule has 4 aliphatic rings. The average Bonchev–Trinajstić information content (AvgIpc) is 2.96. The molecule has 0 aromatic rings. The predicted molar refractivity (Wildman–Crippen MR) is 112 cm³/mol. The number of ketones is 1. The number of thioether (sulfide) groups is 1. The van der Waals surface area contributed by atoms with Crippen molar-refractivity contribution in [2.45, 2.75) is 57.8 Å². The summed E-state index contributed by atoms with van der Waals surface area (Å²) in [6.45, 7) is 3.88. The Bertz CT molecular complexity index is 752. The van der Waals surface area contributed by atoms with E-state index < -0.39 is 23.2 Å². The third kappa shape index (κ3) is 2.67. The van der Waals surface area contributed by atoms with Gasteiger partial charge in [0.25, 0.3) is 0 Å². The van der Waals surface area contributed by atoms with E-state index in [-0.39, 0.29) is 34.6 Å². The summed E-state index contributed by atoms with van der Waals surface area (Å²) in [6, 6.07) is 0. The van der Waals surface area contributed by atoms with Crippen LogP contribution in [0.3, 0.4) is 0 Å². The van der Waals surface area contributed by atoms with Gasteiger partial charge in [0.05, 0.1) is 3.76 Å². The second kappa shape index (κ2) is 6.64. The second-order valence-corrected chi connectivity index (χ2v) is 11.8. The lowest BCUT2D eigenvalue weighted by Crippen LogP contribution is -2.62. The summed E-state index contributed by atoms with van der Waals surface area (Å²) in [6.07, 6.45) is 5.68. The number of halogens is 3. The highest BCUT2D eigenvalue weighted by molar-refractivity contribution is 14.1. The Labute approximate surface area is 177 Å².